The second-order valence-corrected chi connectivity index (χ2v) is 4.84. The third-order valence-corrected chi connectivity index (χ3v) is 3.14. The van der Waals surface area contributed by atoms with Crippen LogP contribution in [0.3, 0.4) is 0 Å². The van der Waals surface area contributed by atoms with Gasteiger partial charge in [0.15, 0.2) is 5.78 Å². The molecule has 112 valence electrons. The summed E-state index contributed by atoms with van der Waals surface area (Å²) in [6, 6.07) is 13.8. The van der Waals surface area contributed by atoms with Crippen molar-refractivity contribution in [1.29, 1.82) is 0 Å². The molecule has 0 saturated carbocycles. The van der Waals surface area contributed by atoms with Crippen LogP contribution in [0, 0.1) is 0 Å². The van der Waals surface area contributed by atoms with Crippen LogP contribution in [0.1, 0.15) is 22.8 Å². The zero-order valence-electron chi connectivity index (χ0n) is 12.6. The topological polar surface area (TPSA) is 55.4 Å². The van der Waals surface area contributed by atoms with Gasteiger partial charge in [-0.1, -0.05) is 30.8 Å². The molecule has 22 heavy (non-hydrogen) atoms. The number of amides is 1. The molecule has 0 spiro atoms. The largest absolute Gasteiger partial charge is 0.497 e. The molecule has 4 heteroatoms. The van der Waals surface area contributed by atoms with Gasteiger partial charge in [0.05, 0.1) is 12.8 Å². The molecule has 2 aromatic rings. The molecule has 0 heterocycles. The molecule has 4 nitrogen and oxygen atoms in total. The molecule has 1 N–H and O–H groups in total. The summed E-state index contributed by atoms with van der Waals surface area (Å²) in [5, 5.41) is 2.70. The van der Waals surface area contributed by atoms with E-state index in [1.54, 1.807) is 62.6 Å². The van der Waals surface area contributed by atoms with Crippen LogP contribution in [0.5, 0.6) is 5.75 Å². The van der Waals surface area contributed by atoms with Crippen LogP contribution in [0.25, 0.3) is 0 Å². The Kier molecular flexibility index (Phi) is 4.73. The maximum atomic E-state index is 12.7. The number of hydrogen-bond acceptors (Lipinski definition) is 3. The first-order chi connectivity index (χ1) is 10.5. The van der Waals surface area contributed by atoms with Gasteiger partial charge in [0.25, 0.3) is 5.91 Å². The number of rotatable bonds is 5. The van der Waals surface area contributed by atoms with Crippen molar-refractivity contribution in [3.8, 4) is 5.75 Å². The van der Waals surface area contributed by atoms with Crippen LogP contribution in [-0.2, 0) is 4.79 Å². The van der Waals surface area contributed by atoms with Crippen molar-refractivity contribution in [3.05, 3.63) is 71.8 Å². The molecule has 0 radical (unpaired) electrons. The normalized spacial score (nSPS) is 9.91. The molecule has 2 aromatic carbocycles. The van der Waals surface area contributed by atoms with Gasteiger partial charge in [-0.05, 0) is 31.2 Å². The fraction of sp³-hybridized carbons (Fsp3) is 0.111. The summed E-state index contributed by atoms with van der Waals surface area (Å²) >= 11 is 0. The zero-order valence-corrected chi connectivity index (χ0v) is 12.6. The second-order valence-electron chi connectivity index (χ2n) is 4.84. The summed E-state index contributed by atoms with van der Waals surface area (Å²) in [5.41, 5.74) is 1.76. The summed E-state index contributed by atoms with van der Waals surface area (Å²) in [6.07, 6.45) is 0. The van der Waals surface area contributed by atoms with Gasteiger partial charge in [-0.25, -0.2) is 0 Å². The van der Waals surface area contributed by atoms with Crippen molar-refractivity contribution in [3.63, 3.8) is 0 Å². The second kappa shape index (κ2) is 6.72. The van der Waals surface area contributed by atoms with Gasteiger partial charge in [0.2, 0.25) is 0 Å². The Hall–Kier alpha value is -2.88. The fourth-order valence-corrected chi connectivity index (χ4v) is 1.94. The number of benzene rings is 2. The van der Waals surface area contributed by atoms with Crippen molar-refractivity contribution in [2.75, 3.05) is 12.4 Å². The molecule has 0 unspecified atom stereocenters. The summed E-state index contributed by atoms with van der Waals surface area (Å²) < 4.78 is 5.13. The molecule has 0 aliphatic rings. The van der Waals surface area contributed by atoms with Crippen molar-refractivity contribution in [2.24, 2.45) is 0 Å². The highest BCUT2D eigenvalue weighted by atomic mass is 16.5. The first kappa shape index (κ1) is 15.5. The molecular weight excluding hydrogens is 278 g/mol. The third kappa shape index (κ3) is 3.41. The van der Waals surface area contributed by atoms with E-state index in [-0.39, 0.29) is 11.7 Å². The average Bonchev–Trinajstić information content (AvgIpc) is 2.54. The number of carbonyl (C=O) groups is 2. The Morgan fingerprint density at radius 2 is 1.82 bits per heavy atom. The van der Waals surface area contributed by atoms with Gasteiger partial charge in [-0.3, -0.25) is 9.59 Å². The minimum absolute atomic E-state index is 0.184. The minimum atomic E-state index is -0.314. The van der Waals surface area contributed by atoms with Gasteiger partial charge in [0.1, 0.15) is 5.75 Å². The molecule has 0 saturated heterocycles. The lowest BCUT2D eigenvalue weighted by molar-refractivity contribution is -0.112. The number of para-hydroxylation sites is 1. The van der Waals surface area contributed by atoms with Crippen molar-refractivity contribution in [2.45, 2.75) is 6.92 Å². The molecule has 0 aromatic heterocycles. The smallest absolute Gasteiger partial charge is 0.250 e. The van der Waals surface area contributed by atoms with Gasteiger partial charge >= 0.3 is 0 Å². The van der Waals surface area contributed by atoms with Crippen molar-refractivity contribution in [1.82, 2.24) is 0 Å². The van der Waals surface area contributed by atoms with Gasteiger partial charge in [-0.15, -0.1) is 0 Å². The predicted octanol–water partition coefficient (Wildman–Crippen LogP) is 3.44. The Balaban J connectivity index is 2.37. The van der Waals surface area contributed by atoms with Crippen LogP contribution in [-0.4, -0.2) is 18.8 Å². The van der Waals surface area contributed by atoms with Crippen LogP contribution >= 0.6 is 0 Å². The number of hydrogen-bond donors (Lipinski definition) is 1. The Bertz CT molecular complexity index is 735. The minimum Gasteiger partial charge on any atom is -0.497 e. The SMILES string of the molecule is C=C(C)C(=O)Nc1ccccc1C(=O)c1cccc(OC)c1. The molecule has 0 aliphatic carbocycles. The van der Waals surface area contributed by atoms with Crippen LogP contribution < -0.4 is 10.1 Å². The number of ether oxygens (including phenoxy) is 1. The number of ketones is 1. The molecule has 0 bridgehead atoms. The highest BCUT2D eigenvalue weighted by Crippen LogP contribution is 2.22. The van der Waals surface area contributed by atoms with E-state index in [4.69, 9.17) is 4.74 Å². The maximum Gasteiger partial charge on any atom is 0.250 e. The van der Waals surface area contributed by atoms with Crippen molar-refractivity contribution >= 4 is 17.4 Å². The Morgan fingerprint density at radius 1 is 1.09 bits per heavy atom. The number of anilines is 1. The van der Waals surface area contributed by atoms with Crippen LogP contribution in [0.15, 0.2) is 60.7 Å². The summed E-state index contributed by atoms with van der Waals surface area (Å²) in [7, 11) is 1.55. The highest BCUT2D eigenvalue weighted by molar-refractivity contribution is 6.15. The lowest BCUT2D eigenvalue weighted by Gasteiger charge is -2.11. The van der Waals surface area contributed by atoms with E-state index in [1.807, 2.05) is 0 Å². The number of methoxy groups -OCH3 is 1. The molecule has 0 aliphatic heterocycles. The molecule has 1 amide bonds. The Morgan fingerprint density at radius 3 is 2.50 bits per heavy atom. The average molecular weight is 295 g/mol. The van der Waals surface area contributed by atoms with Crippen molar-refractivity contribution < 1.29 is 14.3 Å². The zero-order chi connectivity index (χ0) is 16.1. The number of nitrogens with one attached hydrogen (secondary N) is 1. The summed E-state index contributed by atoms with van der Waals surface area (Å²) in [5.74, 6) is 0.108. The van der Waals surface area contributed by atoms with Crippen LogP contribution in [0.2, 0.25) is 0 Å². The van der Waals surface area contributed by atoms with E-state index in [9.17, 15) is 9.59 Å². The third-order valence-electron chi connectivity index (χ3n) is 3.14. The monoisotopic (exact) mass is 295 g/mol. The van der Waals surface area contributed by atoms with Crippen LogP contribution in [0.4, 0.5) is 5.69 Å². The van der Waals surface area contributed by atoms with E-state index in [2.05, 4.69) is 11.9 Å². The van der Waals surface area contributed by atoms with E-state index >= 15 is 0 Å². The van der Waals surface area contributed by atoms with E-state index in [1.165, 1.54) is 0 Å². The van der Waals surface area contributed by atoms with Gasteiger partial charge < -0.3 is 10.1 Å². The summed E-state index contributed by atoms with van der Waals surface area (Å²) in [6.45, 7) is 5.21. The standard InChI is InChI=1S/C18H17NO3/c1-12(2)18(21)19-16-10-5-4-9-15(16)17(20)13-7-6-8-14(11-13)22-3/h4-11H,1H2,2-3H3,(H,19,21). The Labute approximate surface area is 129 Å². The molecular formula is C18H17NO3. The molecule has 2 rings (SSSR count). The predicted molar refractivity (Wildman–Crippen MR) is 86.3 cm³/mol. The highest BCUT2D eigenvalue weighted by Gasteiger charge is 2.15. The van der Waals surface area contributed by atoms with Gasteiger partial charge in [-0.2, -0.15) is 0 Å². The number of carbonyl (C=O) groups excluding carboxylic acids is 2. The first-order valence-corrected chi connectivity index (χ1v) is 6.77. The maximum absolute atomic E-state index is 12.7. The fourth-order valence-electron chi connectivity index (χ4n) is 1.94. The quantitative estimate of drug-likeness (QED) is 0.679. The van der Waals surface area contributed by atoms with E-state index in [0.717, 1.165) is 0 Å². The first-order valence-electron chi connectivity index (χ1n) is 6.77. The van der Waals surface area contributed by atoms with E-state index in [0.29, 0.717) is 28.1 Å². The summed E-state index contributed by atoms with van der Waals surface area (Å²) in [4.78, 5) is 24.4. The molecule has 0 fully saturated rings. The van der Waals surface area contributed by atoms with E-state index < -0.39 is 0 Å². The molecule has 0 atom stereocenters. The van der Waals surface area contributed by atoms with Gasteiger partial charge in [0, 0.05) is 16.7 Å². The lowest BCUT2D eigenvalue weighted by atomic mass is 10.0. The lowest BCUT2D eigenvalue weighted by Crippen LogP contribution is -2.15.